The maximum Gasteiger partial charge on any atom is 0.231 e. The van der Waals surface area contributed by atoms with Crippen molar-refractivity contribution in [2.24, 2.45) is 16.8 Å². The molecule has 3 nitrogen and oxygen atoms in total. The minimum Gasteiger partial charge on any atom is -0.313 e. The molecule has 0 aromatic carbocycles. The highest BCUT2D eigenvalue weighted by atomic mass is 32.2. The molecule has 0 aromatic rings. The zero-order valence-electron chi connectivity index (χ0n) is 7.36. The normalized spacial score (nSPS) is 38.2. The van der Waals surface area contributed by atoms with Crippen molar-refractivity contribution in [3.05, 3.63) is 0 Å². The predicted octanol–water partition coefficient (Wildman–Crippen LogP) is 0.770. The fourth-order valence-electron chi connectivity index (χ4n) is 1.74. The summed E-state index contributed by atoms with van der Waals surface area (Å²) in [7, 11) is 0. The molecule has 3 atom stereocenters. The van der Waals surface area contributed by atoms with Crippen LogP contribution in [0.1, 0.15) is 6.92 Å². The summed E-state index contributed by atoms with van der Waals surface area (Å²) in [6, 6.07) is 0. The number of nitrogens with one attached hydrogen (secondary N) is 1. The average molecular weight is 216 g/mol. The molecular weight excluding hydrogens is 204 g/mol. The Bertz CT molecular complexity index is 267. The number of carbonyl (C=O) groups is 1. The zero-order valence-corrected chi connectivity index (χ0v) is 9.07. The molecule has 3 unspecified atom stereocenters. The number of thioether (sulfide) groups is 1. The molecule has 0 aliphatic carbocycles. The fourth-order valence-corrected chi connectivity index (χ4v) is 3.41. The smallest absolute Gasteiger partial charge is 0.231 e. The Kier molecular flexibility index (Phi) is 2.55. The first kappa shape index (κ1) is 9.40. The second kappa shape index (κ2) is 3.53. The van der Waals surface area contributed by atoms with E-state index in [-0.39, 0.29) is 17.2 Å². The summed E-state index contributed by atoms with van der Waals surface area (Å²) in [5.41, 5.74) is 0. The minimum absolute atomic E-state index is 0.0774. The highest BCUT2D eigenvalue weighted by molar-refractivity contribution is 8.00. The van der Waals surface area contributed by atoms with Crippen molar-refractivity contribution < 1.29 is 4.79 Å². The van der Waals surface area contributed by atoms with Crippen LogP contribution in [-0.2, 0) is 4.79 Å². The van der Waals surface area contributed by atoms with Crippen molar-refractivity contribution >= 4 is 36.1 Å². The van der Waals surface area contributed by atoms with Crippen LogP contribution in [0.15, 0.2) is 4.99 Å². The van der Waals surface area contributed by atoms with E-state index in [1.807, 2.05) is 0 Å². The fraction of sp³-hybridized carbons (Fsp3) is 0.750. The predicted molar refractivity (Wildman–Crippen MR) is 58.3 cm³/mol. The van der Waals surface area contributed by atoms with Crippen LogP contribution in [0.2, 0.25) is 0 Å². The Morgan fingerprint density at radius 3 is 3.23 bits per heavy atom. The molecule has 2 heterocycles. The van der Waals surface area contributed by atoms with Crippen LogP contribution in [0, 0.1) is 11.8 Å². The van der Waals surface area contributed by atoms with Gasteiger partial charge < -0.3 is 5.32 Å². The summed E-state index contributed by atoms with van der Waals surface area (Å²) in [5, 5.41) is 2.93. The van der Waals surface area contributed by atoms with Crippen LogP contribution in [0.4, 0.5) is 0 Å². The maximum absolute atomic E-state index is 11.6. The van der Waals surface area contributed by atoms with E-state index in [4.69, 9.17) is 0 Å². The van der Waals surface area contributed by atoms with Gasteiger partial charge >= 0.3 is 0 Å². The van der Waals surface area contributed by atoms with Crippen molar-refractivity contribution in [1.29, 1.82) is 0 Å². The lowest BCUT2D eigenvalue weighted by Crippen LogP contribution is -2.45. The molecular formula is C8H12N2OS2. The van der Waals surface area contributed by atoms with Gasteiger partial charge in [0.15, 0.2) is 0 Å². The lowest BCUT2D eigenvalue weighted by molar-refractivity contribution is -0.124. The van der Waals surface area contributed by atoms with Crippen LogP contribution in [0.25, 0.3) is 0 Å². The van der Waals surface area contributed by atoms with Gasteiger partial charge in [0.1, 0.15) is 11.2 Å². The third kappa shape index (κ3) is 1.59. The Hall–Kier alpha value is -0.160. The van der Waals surface area contributed by atoms with Crippen molar-refractivity contribution in [2.45, 2.75) is 12.3 Å². The molecule has 5 heteroatoms. The standard InChI is InChI=1S/C8H12N2OS2/c1-4-3-13-8-6(4)7(11)9-5(2-12)10-8/h4,6,8,12H,2-3H2,1H3,(H,9,10,11). The first-order valence-electron chi connectivity index (χ1n) is 4.32. The Morgan fingerprint density at radius 1 is 1.77 bits per heavy atom. The molecule has 1 fully saturated rings. The SMILES string of the molecule is CC1CSC2N=C(CS)NC(=O)C12. The van der Waals surface area contributed by atoms with E-state index < -0.39 is 0 Å². The number of amidine groups is 1. The number of rotatable bonds is 1. The number of hydrogen-bond acceptors (Lipinski definition) is 4. The largest absolute Gasteiger partial charge is 0.313 e. The van der Waals surface area contributed by atoms with E-state index in [0.29, 0.717) is 11.7 Å². The molecule has 2 rings (SSSR count). The van der Waals surface area contributed by atoms with Crippen molar-refractivity contribution in [3.8, 4) is 0 Å². The maximum atomic E-state index is 11.6. The molecule has 0 spiro atoms. The van der Waals surface area contributed by atoms with Crippen LogP contribution in [0.5, 0.6) is 0 Å². The summed E-state index contributed by atoms with van der Waals surface area (Å²) in [5.74, 6) is 2.92. The quantitative estimate of drug-likeness (QED) is 0.636. The summed E-state index contributed by atoms with van der Waals surface area (Å²) in [6.45, 7) is 2.11. The van der Waals surface area contributed by atoms with Gasteiger partial charge in [-0.25, -0.2) is 0 Å². The van der Waals surface area contributed by atoms with E-state index >= 15 is 0 Å². The Labute approximate surface area is 87.2 Å². The molecule has 0 aromatic heterocycles. The molecule has 2 aliphatic heterocycles. The van der Waals surface area contributed by atoms with Crippen LogP contribution in [-0.4, -0.2) is 28.6 Å². The lowest BCUT2D eigenvalue weighted by atomic mass is 9.94. The summed E-state index contributed by atoms with van der Waals surface area (Å²) >= 11 is 5.88. The van der Waals surface area contributed by atoms with Gasteiger partial charge in [-0.3, -0.25) is 9.79 Å². The number of thiol groups is 1. The zero-order chi connectivity index (χ0) is 9.42. The second-order valence-corrected chi connectivity index (χ2v) is 4.92. The number of amides is 1. The van der Waals surface area contributed by atoms with Gasteiger partial charge in [-0.1, -0.05) is 6.92 Å². The van der Waals surface area contributed by atoms with Gasteiger partial charge in [-0.15, -0.1) is 11.8 Å². The summed E-state index contributed by atoms with van der Waals surface area (Å²) in [6.07, 6.45) is 0. The third-order valence-corrected chi connectivity index (χ3v) is 4.21. The third-order valence-electron chi connectivity index (χ3n) is 2.45. The second-order valence-electron chi connectivity index (χ2n) is 3.45. The lowest BCUT2D eigenvalue weighted by Gasteiger charge is -2.24. The number of aliphatic imine (C=N–C) groups is 1. The number of carbonyl (C=O) groups excluding carboxylic acids is 1. The first-order chi connectivity index (χ1) is 6.22. The van der Waals surface area contributed by atoms with Gasteiger partial charge in [0.2, 0.25) is 5.91 Å². The van der Waals surface area contributed by atoms with Crippen molar-refractivity contribution in [3.63, 3.8) is 0 Å². The number of fused-ring (bicyclic) bond motifs is 1. The topological polar surface area (TPSA) is 41.5 Å². The summed E-state index contributed by atoms with van der Waals surface area (Å²) in [4.78, 5) is 16.1. The first-order valence-corrected chi connectivity index (χ1v) is 6.00. The van der Waals surface area contributed by atoms with Gasteiger partial charge in [0.25, 0.3) is 0 Å². The average Bonchev–Trinajstić information content (AvgIpc) is 2.48. The molecule has 1 N–H and O–H groups in total. The van der Waals surface area contributed by atoms with Crippen LogP contribution < -0.4 is 5.32 Å². The van der Waals surface area contributed by atoms with Gasteiger partial charge in [-0.2, -0.15) is 12.6 Å². The van der Waals surface area contributed by atoms with E-state index in [2.05, 4.69) is 29.9 Å². The Morgan fingerprint density at radius 2 is 2.54 bits per heavy atom. The van der Waals surface area contributed by atoms with E-state index in [0.717, 1.165) is 11.6 Å². The molecule has 1 saturated heterocycles. The summed E-state index contributed by atoms with van der Waals surface area (Å²) < 4.78 is 0. The van der Waals surface area contributed by atoms with Gasteiger partial charge in [-0.05, 0) is 11.7 Å². The van der Waals surface area contributed by atoms with Crippen LogP contribution in [0.3, 0.4) is 0 Å². The molecule has 0 radical (unpaired) electrons. The van der Waals surface area contributed by atoms with E-state index in [1.54, 1.807) is 11.8 Å². The number of nitrogens with zero attached hydrogens (tertiary/aromatic N) is 1. The molecule has 0 saturated carbocycles. The van der Waals surface area contributed by atoms with Crippen molar-refractivity contribution in [1.82, 2.24) is 5.32 Å². The molecule has 1 amide bonds. The molecule has 72 valence electrons. The number of hydrogen-bond donors (Lipinski definition) is 2. The van der Waals surface area contributed by atoms with E-state index in [1.165, 1.54) is 0 Å². The van der Waals surface area contributed by atoms with Crippen LogP contribution >= 0.6 is 24.4 Å². The van der Waals surface area contributed by atoms with E-state index in [9.17, 15) is 4.79 Å². The van der Waals surface area contributed by atoms with Gasteiger partial charge in [0, 0.05) is 5.75 Å². The minimum atomic E-state index is 0.0774. The molecule has 13 heavy (non-hydrogen) atoms. The highest BCUT2D eigenvalue weighted by Crippen LogP contribution is 2.39. The van der Waals surface area contributed by atoms with Crippen molar-refractivity contribution in [2.75, 3.05) is 11.5 Å². The molecule has 2 aliphatic rings. The van der Waals surface area contributed by atoms with Gasteiger partial charge in [0.05, 0.1) is 5.92 Å². The Balaban J connectivity index is 2.23. The highest BCUT2D eigenvalue weighted by Gasteiger charge is 2.41. The monoisotopic (exact) mass is 216 g/mol. The molecule has 0 bridgehead atoms.